The molecule has 1 aliphatic rings. The number of carbonyl (C=O) groups excluding carboxylic acids is 2. The molecule has 3 aromatic rings. The summed E-state index contributed by atoms with van der Waals surface area (Å²) in [5, 5.41) is 6.40. The first-order chi connectivity index (χ1) is 15.3. The molecule has 2 amide bonds. The third-order valence-electron chi connectivity index (χ3n) is 5.47. The number of carbonyl (C=O) groups is 2. The van der Waals surface area contributed by atoms with Crippen LogP contribution in [0.2, 0.25) is 0 Å². The first-order valence-electron chi connectivity index (χ1n) is 10.4. The van der Waals surface area contributed by atoms with Crippen LogP contribution in [-0.4, -0.2) is 42.6 Å². The Morgan fingerprint density at radius 3 is 2.56 bits per heavy atom. The minimum absolute atomic E-state index is 0.116. The van der Waals surface area contributed by atoms with Gasteiger partial charge in [0.15, 0.2) is 0 Å². The maximum absolute atomic E-state index is 13.1. The second kappa shape index (κ2) is 9.05. The predicted molar refractivity (Wildman–Crippen MR) is 123 cm³/mol. The van der Waals surface area contributed by atoms with Gasteiger partial charge in [-0.15, -0.1) is 0 Å². The number of benzene rings is 2. The number of anilines is 2. The van der Waals surface area contributed by atoms with Gasteiger partial charge in [0.1, 0.15) is 0 Å². The van der Waals surface area contributed by atoms with Crippen molar-refractivity contribution in [1.82, 2.24) is 9.29 Å². The Hall–Kier alpha value is -3.30. The maximum Gasteiger partial charge on any atom is 0.243 e. The summed E-state index contributed by atoms with van der Waals surface area (Å²) in [4.78, 5) is 28.6. The van der Waals surface area contributed by atoms with Crippen LogP contribution >= 0.6 is 0 Å². The van der Waals surface area contributed by atoms with Gasteiger partial charge in [-0.3, -0.25) is 14.6 Å². The van der Waals surface area contributed by atoms with Crippen LogP contribution in [0.1, 0.15) is 19.8 Å². The van der Waals surface area contributed by atoms with Gasteiger partial charge in [-0.2, -0.15) is 4.31 Å². The summed E-state index contributed by atoms with van der Waals surface area (Å²) in [5.74, 6) is -0.890. The lowest BCUT2D eigenvalue weighted by Gasteiger charge is -2.31. The Morgan fingerprint density at radius 1 is 1.03 bits per heavy atom. The van der Waals surface area contributed by atoms with E-state index in [1.54, 1.807) is 18.3 Å². The van der Waals surface area contributed by atoms with Gasteiger partial charge in [0.2, 0.25) is 21.8 Å². The molecular weight excluding hydrogens is 428 g/mol. The second-order valence-electron chi connectivity index (χ2n) is 7.77. The Balaban J connectivity index is 1.48. The van der Waals surface area contributed by atoms with Crippen molar-refractivity contribution in [1.29, 1.82) is 0 Å². The maximum atomic E-state index is 13.1. The molecule has 9 heteroatoms. The van der Waals surface area contributed by atoms with Crippen LogP contribution < -0.4 is 10.6 Å². The van der Waals surface area contributed by atoms with E-state index in [0.717, 1.165) is 10.9 Å². The van der Waals surface area contributed by atoms with Crippen molar-refractivity contribution < 1.29 is 18.0 Å². The lowest BCUT2D eigenvalue weighted by molar-refractivity contribution is -0.121. The van der Waals surface area contributed by atoms with E-state index in [1.807, 2.05) is 30.3 Å². The lowest BCUT2D eigenvalue weighted by atomic mass is 9.98. The smallest absolute Gasteiger partial charge is 0.243 e. The van der Waals surface area contributed by atoms with Gasteiger partial charge in [-0.25, -0.2) is 8.42 Å². The van der Waals surface area contributed by atoms with Gasteiger partial charge >= 0.3 is 0 Å². The van der Waals surface area contributed by atoms with Gasteiger partial charge < -0.3 is 10.6 Å². The highest BCUT2D eigenvalue weighted by molar-refractivity contribution is 7.89. The van der Waals surface area contributed by atoms with Crippen molar-refractivity contribution in [2.24, 2.45) is 5.92 Å². The number of fused-ring (bicyclic) bond motifs is 1. The topological polar surface area (TPSA) is 108 Å². The molecule has 1 saturated heterocycles. The average molecular weight is 453 g/mol. The first kappa shape index (κ1) is 21.9. The molecule has 8 nitrogen and oxygen atoms in total. The lowest BCUT2D eigenvalue weighted by Crippen LogP contribution is -2.43. The highest BCUT2D eigenvalue weighted by Gasteiger charge is 2.33. The largest absolute Gasteiger partial charge is 0.326 e. The highest BCUT2D eigenvalue weighted by atomic mass is 32.2. The van der Waals surface area contributed by atoms with Crippen molar-refractivity contribution in [3.63, 3.8) is 0 Å². The van der Waals surface area contributed by atoms with E-state index < -0.39 is 15.9 Å². The Bertz CT molecular complexity index is 1250. The number of hydrogen-bond donors (Lipinski definition) is 2. The number of piperidine rings is 1. The van der Waals surface area contributed by atoms with E-state index in [9.17, 15) is 18.0 Å². The predicted octanol–water partition coefficient (Wildman–Crippen LogP) is 3.23. The molecule has 0 spiro atoms. The van der Waals surface area contributed by atoms with Gasteiger partial charge in [0, 0.05) is 37.3 Å². The molecule has 32 heavy (non-hydrogen) atoms. The van der Waals surface area contributed by atoms with Gasteiger partial charge in [0.25, 0.3) is 0 Å². The SMILES string of the molecule is CC(=O)Nc1ccc(S(=O)(=O)N2CCC[C@H](C(=O)Nc3cccc4ncccc34)C2)cc1. The monoisotopic (exact) mass is 452 g/mol. The molecule has 2 aromatic carbocycles. The molecule has 0 saturated carbocycles. The summed E-state index contributed by atoms with van der Waals surface area (Å²) in [7, 11) is -3.75. The molecule has 0 bridgehead atoms. The number of aromatic nitrogens is 1. The summed E-state index contributed by atoms with van der Waals surface area (Å²) in [6.45, 7) is 1.86. The number of hydrogen-bond acceptors (Lipinski definition) is 5. The zero-order chi connectivity index (χ0) is 22.7. The number of sulfonamides is 1. The number of nitrogens with one attached hydrogen (secondary N) is 2. The van der Waals surface area contributed by atoms with Crippen LogP contribution in [0, 0.1) is 5.92 Å². The molecule has 1 fully saturated rings. The quantitative estimate of drug-likeness (QED) is 0.618. The number of pyridine rings is 1. The van der Waals surface area contributed by atoms with Crippen molar-refractivity contribution in [3.05, 3.63) is 60.8 Å². The van der Waals surface area contributed by atoms with E-state index in [1.165, 1.54) is 23.4 Å². The minimum atomic E-state index is -3.75. The molecule has 2 N–H and O–H groups in total. The third kappa shape index (κ3) is 4.63. The summed E-state index contributed by atoms with van der Waals surface area (Å²) in [6, 6.07) is 15.2. The summed E-state index contributed by atoms with van der Waals surface area (Å²) < 4.78 is 27.6. The summed E-state index contributed by atoms with van der Waals surface area (Å²) in [5.41, 5.74) is 1.96. The van der Waals surface area contributed by atoms with Crippen LogP contribution in [-0.2, 0) is 19.6 Å². The molecule has 1 aromatic heterocycles. The Labute approximate surface area is 186 Å². The fraction of sp³-hybridized carbons (Fsp3) is 0.261. The molecular formula is C23H24N4O4S. The van der Waals surface area contributed by atoms with Gasteiger partial charge in [0.05, 0.1) is 22.0 Å². The Kier molecular flexibility index (Phi) is 6.20. The van der Waals surface area contributed by atoms with Crippen LogP contribution in [0.3, 0.4) is 0 Å². The number of nitrogens with zero attached hydrogens (tertiary/aromatic N) is 2. The standard InChI is InChI=1S/C23H24N4O4S/c1-16(28)25-18-9-11-19(12-10-18)32(30,31)27-14-4-5-17(15-27)23(29)26-22-8-2-7-21-20(22)6-3-13-24-21/h2-3,6-13,17H,4-5,14-15H2,1H3,(H,25,28)(H,26,29)/t17-/m0/s1. The van der Waals surface area contributed by atoms with Crippen molar-refractivity contribution in [3.8, 4) is 0 Å². The van der Waals surface area contributed by atoms with Crippen molar-refractivity contribution in [2.45, 2.75) is 24.7 Å². The normalized spacial score (nSPS) is 17.1. The number of amides is 2. The molecule has 0 unspecified atom stereocenters. The number of rotatable bonds is 5. The first-order valence-corrected chi connectivity index (χ1v) is 11.8. The van der Waals surface area contributed by atoms with Crippen LogP contribution in [0.15, 0.2) is 65.7 Å². The minimum Gasteiger partial charge on any atom is -0.326 e. The Morgan fingerprint density at radius 2 is 1.81 bits per heavy atom. The van der Waals surface area contributed by atoms with Crippen molar-refractivity contribution >= 4 is 44.1 Å². The van der Waals surface area contributed by atoms with E-state index in [4.69, 9.17) is 0 Å². The molecule has 1 aliphatic heterocycles. The van der Waals surface area contributed by atoms with Gasteiger partial charge in [-0.05, 0) is 61.4 Å². The molecule has 166 valence electrons. The summed E-state index contributed by atoms with van der Waals surface area (Å²) >= 11 is 0. The molecule has 2 heterocycles. The molecule has 0 radical (unpaired) electrons. The zero-order valence-corrected chi connectivity index (χ0v) is 18.4. The molecule has 1 atom stereocenters. The highest BCUT2D eigenvalue weighted by Crippen LogP contribution is 2.27. The third-order valence-corrected chi connectivity index (χ3v) is 7.35. The van der Waals surface area contributed by atoms with Gasteiger partial charge in [-0.1, -0.05) is 6.07 Å². The average Bonchev–Trinajstić information content (AvgIpc) is 2.79. The fourth-order valence-corrected chi connectivity index (χ4v) is 5.41. The van der Waals surface area contributed by atoms with Crippen LogP contribution in [0.25, 0.3) is 10.9 Å². The van der Waals surface area contributed by atoms with E-state index in [2.05, 4.69) is 15.6 Å². The zero-order valence-electron chi connectivity index (χ0n) is 17.6. The summed E-state index contributed by atoms with van der Waals surface area (Å²) in [6.07, 6.45) is 2.90. The van der Waals surface area contributed by atoms with E-state index in [-0.39, 0.29) is 23.3 Å². The van der Waals surface area contributed by atoms with E-state index >= 15 is 0 Å². The fourth-order valence-electron chi connectivity index (χ4n) is 3.88. The van der Waals surface area contributed by atoms with Crippen molar-refractivity contribution in [2.75, 3.05) is 23.7 Å². The van der Waals surface area contributed by atoms with E-state index in [0.29, 0.717) is 30.8 Å². The van der Waals surface area contributed by atoms with Crippen LogP contribution in [0.4, 0.5) is 11.4 Å². The molecule has 0 aliphatic carbocycles. The second-order valence-corrected chi connectivity index (χ2v) is 9.71. The molecule has 4 rings (SSSR count). The van der Waals surface area contributed by atoms with Crippen LogP contribution in [0.5, 0.6) is 0 Å².